The van der Waals surface area contributed by atoms with E-state index in [4.69, 9.17) is 15.2 Å². The fourth-order valence-electron chi connectivity index (χ4n) is 3.79. The molecule has 0 unspecified atom stereocenters. The lowest BCUT2D eigenvalue weighted by atomic mass is 9.96. The molecule has 29 heavy (non-hydrogen) atoms. The van der Waals surface area contributed by atoms with Crippen molar-refractivity contribution in [3.8, 4) is 11.6 Å². The molecule has 0 saturated carbocycles. The number of primary amides is 1. The first-order chi connectivity index (χ1) is 13.8. The Morgan fingerprint density at radius 3 is 2.66 bits per heavy atom. The van der Waals surface area contributed by atoms with Crippen molar-refractivity contribution in [3.05, 3.63) is 29.5 Å². The number of benzene rings is 1. The van der Waals surface area contributed by atoms with Gasteiger partial charge in [0, 0.05) is 17.5 Å². The average molecular weight is 403 g/mol. The second kappa shape index (κ2) is 8.23. The summed E-state index contributed by atoms with van der Waals surface area (Å²) in [6, 6.07) is 2.92. The number of nitrogens with zero attached hydrogens (tertiary/aromatic N) is 1. The molecule has 3 rings (SSSR count). The second-order valence-electron chi connectivity index (χ2n) is 7.54. The first-order valence-electron chi connectivity index (χ1n) is 9.66. The predicted molar refractivity (Wildman–Crippen MR) is 107 cm³/mol. The largest absolute Gasteiger partial charge is 0.496 e. The SMILES string of the molecule is CC[C@@H]1[C@H](F)C(=O)N[C@@H]1COc1ncc(C(C)C)c2cc(C(N)=O)c(OC)cc12. The lowest BCUT2D eigenvalue weighted by Gasteiger charge is -2.20. The molecular formula is C21H26FN3O4. The minimum absolute atomic E-state index is 0.0910. The third kappa shape index (κ3) is 3.83. The third-order valence-corrected chi connectivity index (χ3v) is 5.43. The quantitative estimate of drug-likeness (QED) is 0.740. The van der Waals surface area contributed by atoms with Crippen LogP contribution in [0.3, 0.4) is 0 Å². The van der Waals surface area contributed by atoms with Crippen LogP contribution in [-0.4, -0.2) is 42.7 Å². The van der Waals surface area contributed by atoms with Gasteiger partial charge in [-0.25, -0.2) is 9.37 Å². The molecule has 7 nitrogen and oxygen atoms in total. The molecule has 1 aliphatic rings. The Morgan fingerprint density at radius 1 is 1.34 bits per heavy atom. The summed E-state index contributed by atoms with van der Waals surface area (Å²) in [5.41, 5.74) is 6.71. The van der Waals surface area contributed by atoms with Gasteiger partial charge in [0.2, 0.25) is 5.88 Å². The molecule has 8 heteroatoms. The van der Waals surface area contributed by atoms with Gasteiger partial charge in [0.15, 0.2) is 6.17 Å². The maximum absolute atomic E-state index is 14.0. The zero-order chi connectivity index (χ0) is 21.3. The highest BCUT2D eigenvalue weighted by Crippen LogP contribution is 2.35. The first-order valence-corrected chi connectivity index (χ1v) is 9.66. The van der Waals surface area contributed by atoms with Crippen LogP contribution < -0.4 is 20.5 Å². The maximum Gasteiger partial charge on any atom is 0.255 e. The summed E-state index contributed by atoms with van der Waals surface area (Å²) in [4.78, 5) is 27.9. The summed E-state index contributed by atoms with van der Waals surface area (Å²) in [7, 11) is 1.45. The molecule has 1 fully saturated rings. The molecule has 0 radical (unpaired) electrons. The second-order valence-corrected chi connectivity index (χ2v) is 7.54. The molecular weight excluding hydrogens is 377 g/mol. The maximum atomic E-state index is 14.0. The van der Waals surface area contributed by atoms with Crippen molar-refractivity contribution in [2.45, 2.75) is 45.3 Å². The first kappa shape index (κ1) is 20.8. The van der Waals surface area contributed by atoms with Gasteiger partial charge in [0.25, 0.3) is 11.8 Å². The Labute approximate surface area is 168 Å². The van der Waals surface area contributed by atoms with Crippen LogP contribution in [-0.2, 0) is 4.79 Å². The number of pyridine rings is 1. The molecule has 156 valence electrons. The van der Waals surface area contributed by atoms with E-state index in [1.165, 1.54) is 7.11 Å². The monoisotopic (exact) mass is 403 g/mol. The van der Waals surface area contributed by atoms with Gasteiger partial charge < -0.3 is 20.5 Å². The number of fused-ring (bicyclic) bond motifs is 1. The number of amides is 2. The van der Waals surface area contributed by atoms with Gasteiger partial charge in [-0.05, 0) is 35.4 Å². The van der Waals surface area contributed by atoms with Crippen molar-refractivity contribution in [3.63, 3.8) is 0 Å². The van der Waals surface area contributed by atoms with Crippen LogP contribution in [0.1, 0.15) is 49.0 Å². The number of aromatic nitrogens is 1. The van der Waals surface area contributed by atoms with Crippen LogP contribution in [0, 0.1) is 5.92 Å². The molecule has 2 amide bonds. The number of rotatable bonds is 7. The number of methoxy groups -OCH3 is 1. The van der Waals surface area contributed by atoms with Gasteiger partial charge >= 0.3 is 0 Å². The van der Waals surface area contributed by atoms with E-state index >= 15 is 0 Å². The topological polar surface area (TPSA) is 104 Å². The van der Waals surface area contributed by atoms with Crippen molar-refractivity contribution in [2.75, 3.05) is 13.7 Å². The normalized spacial score (nSPS) is 21.4. The van der Waals surface area contributed by atoms with Gasteiger partial charge in [-0.2, -0.15) is 0 Å². The van der Waals surface area contributed by atoms with Gasteiger partial charge in [-0.15, -0.1) is 0 Å². The highest BCUT2D eigenvalue weighted by molar-refractivity contribution is 6.02. The number of alkyl halides is 1. The van der Waals surface area contributed by atoms with Gasteiger partial charge in [-0.1, -0.05) is 20.8 Å². The smallest absolute Gasteiger partial charge is 0.255 e. The molecule has 1 saturated heterocycles. The number of ether oxygens (including phenoxy) is 2. The molecule has 1 aromatic heterocycles. The van der Waals surface area contributed by atoms with Crippen LogP contribution in [0.15, 0.2) is 18.3 Å². The minimum Gasteiger partial charge on any atom is -0.496 e. The Morgan fingerprint density at radius 2 is 2.07 bits per heavy atom. The summed E-state index contributed by atoms with van der Waals surface area (Å²) >= 11 is 0. The average Bonchev–Trinajstić information content (AvgIpc) is 2.97. The molecule has 1 aromatic carbocycles. The number of nitrogens with two attached hydrogens (primary N) is 1. The molecule has 3 atom stereocenters. The van der Waals surface area contributed by atoms with Crippen LogP contribution in [0.4, 0.5) is 4.39 Å². The van der Waals surface area contributed by atoms with E-state index in [-0.39, 0.29) is 18.1 Å². The van der Waals surface area contributed by atoms with Crippen LogP contribution in [0.25, 0.3) is 10.8 Å². The summed E-state index contributed by atoms with van der Waals surface area (Å²) in [6.07, 6.45) is 0.687. The van der Waals surface area contributed by atoms with Crippen LogP contribution in [0.2, 0.25) is 0 Å². The summed E-state index contributed by atoms with van der Waals surface area (Å²) in [6.45, 7) is 5.97. The number of carbonyl (C=O) groups is 2. The molecule has 0 aliphatic carbocycles. The standard InChI is InChI=1S/C21H26FN3O4/c1-5-11-16(25-20(27)18(11)22)9-29-21-13-7-17(28-4)14(19(23)26)6-12(13)15(8-24-21)10(2)3/h6-8,10-11,16,18H,5,9H2,1-4H3,(H2,23,26)(H,25,27)/t11-,16+,18-/m0/s1. The lowest BCUT2D eigenvalue weighted by Crippen LogP contribution is -2.34. The van der Waals surface area contributed by atoms with E-state index in [0.717, 1.165) is 10.9 Å². The Bertz CT molecular complexity index is 947. The van der Waals surface area contributed by atoms with E-state index in [1.54, 1.807) is 18.3 Å². The van der Waals surface area contributed by atoms with Gasteiger partial charge in [0.1, 0.15) is 12.4 Å². The Kier molecular flexibility index (Phi) is 5.91. The number of halogens is 1. The Hall–Kier alpha value is -2.90. The Balaban J connectivity index is 2.01. The van der Waals surface area contributed by atoms with E-state index < -0.39 is 29.9 Å². The summed E-state index contributed by atoms with van der Waals surface area (Å²) in [5, 5.41) is 4.09. The highest BCUT2D eigenvalue weighted by Gasteiger charge is 2.41. The van der Waals surface area contributed by atoms with Crippen molar-refractivity contribution in [1.29, 1.82) is 0 Å². The third-order valence-electron chi connectivity index (χ3n) is 5.43. The van der Waals surface area contributed by atoms with Crippen LogP contribution in [0.5, 0.6) is 11.6 Å². The number of nitrogens with one attached hydrogen (secondary N) is 1. The number of hydrogen-bond donors (Lipinski definition) is 2. The van der Waals surface area contributed by atoms with E-state index in [0.29, 0.717) is 23.4 Å². The van der Waals surface area contributed by atoms with Crippen LogP contribution >= 0.6 is 0 Å². The van der Waals surface area contributed by atoms with Crippen molar-refractivity contribution in [1.82, 2.24) is 10.3 Å². The summed E-state index contributed by atoms with van der Waals surface area (Å²) in [5.74, 6) is -0.844. The van der Waals surface area contributed by atoms with Gasteiger partial charge in [-0.3, -0.25) is 9.59 Å². The fraction of sp³-hybridized carbons (Fsp3) is 0.476. The highest BCUT2D eigenvalue weighted by atomic mass is 19.1. The zero-order valence-electron chi connectivity index (χ0n) is 17.0. The predicted octanol–water partition coefficient (Wildman–Crippen LogP) is 2.71. The number of hydrogen-bond acceptors (Lipinski definition) is 5. The fourth-order valence-corrected chi connectivity index (χ4v) is 3.79. The number of carbonyl (C=O) groups excluding carboxylic acids is 2. The van der Waals surface area contributed by atoms with E-state index in [2.05, 4.69) is 10.3 Å². The molecule has 0 spiro atoms. The van der Waals surface area contributed by atoms with E-state index in [1.807, 2.05) is 20.8 Å². The van der Waals surface area contributed by atoms with Gasteiger partial charge in [0.05, 0.1) is 18.7 Å². The van der Waals surface area contributed by atoms with Crippen molar-refractivity contribution in [2.24, 2.45) is 11.7 Å². The molecule has 1 aliphatic heterocycles. The molecule has 2 aromatic rings. The molecule has 0 bridgehead atoms. The molecule has 2 heterocycles. The van der Waals surface area contributed by atoms with Crippen molar-refractivity contribution < 1.29 is 23.5 Å². The minimum atomic E-state index is -1.53. The zero-order valence-corrected chi connectivity index (χ0v) is 17.0. The van der Waals surface area contributed by atoms with Crippen molar-refractivity contribution >= 4 is 22.6 Å². The lowest BCUT2D eigenvalue weighted by molar-refractivity contribution is -0.123. The summed E-state index contributed by atoms with van der Waals surface area (Å²) < 4.78 is 25.2. The molecule has 3 N–H and O–H groups in total. The van der Waals surface area contributed by atoms with E-state index in [9.17, 15) is 14.0 Å².